The van der Waals surface area contributed by atoms with Gasteiger partial charge in [0, 0.05) is 15.7 Å². The van der Waals surface area contributed by atoms with Gasteiger partial charge in [-0.05, 0) is 19.1 Å². The molecule has 0 aliphatic heterocycles. The van der Waals surface area contributed by atoms with E-state index in [0.29, 0.717) is 10.6 Å². The number of aliphatic hydroxyl groups excluding tert-OH is 1. The van der Waals surface area contributed by atoms with Gasteiger partial charge in [-0.1, -0.05) is 24.6 Å². The van der Waals surface area contributed by atoms with Crippen molar-refractivity contribution in [1.29, 1.82) is 0 Å². The normalized spacial score (nSPS) is 14.7. The smallest absolute Gasteiger partial charge is 0.150 e. The van der Waals surface area contributed by atoms with Gasteiger partial charge in [-0.2, -0.15) is 0 Å². The molecule has 82 valence electrons. The molecule has 1 aromatic rings. The lowest BCUT2D eigenvalue weighted by Gasteiger charge is -2.14. The van der Waals surface area contributed by atoms with E-state index in [0.717, 1.165) is 11.2 Å². The molecule has 2 atom stereocenters. The number of rotatable bonds is 4. The Labute approximate surface area is 98.6 Å². The van der Waals surface area contributed by atoms with Gasteiger partial charge in [-0.15, -0.1) is 11.8 Å². The van der Waals surface area contributed by atoms with Crippen molar-refractivity contribution in [3.8, 4) is 0 Å². The molecular formula is C11H13ClO2S. The minimum Gasteiger partial charge on any atom is -0.392 e. The van der Waals surface area contributed by atoms with E-state index >= 15 is 0 Å². The van der Waals surface area contributed by atoms with Crippen molar-refractivity contribution in [2.24, 2.45) is 0 Å². The lowest BCUT2D eigenvalue weighted by molar-refractivity contribution is 0.112. The minimum atomic E-state index is -0.392. The van der Waals surface area contributed by atoms with Gasteiger partial charge in [0.2, 0.25) is 0 Å². The molecule has 0 amide bonds. The van der Waals surface area contributed by atoms with Crippen LogP contribution in [0.5, 0.6) is 0 Å². The maximum Gasteiger partial charge on any atom is 0.150 e. The predicted octanol–water partition coefficient (Wildman–Crippen LogP) is 3.01. The van der Waals surface area contributed by atoms with Crippen LogP contribution in [0.15, 0.2) is 23.1 Å². The summed E-state index contributed by atoms with van der Waals surface area (Å²) in [6.45, 7) is 3.67. The molecule has 2 nitrogen and oxygen atoms in total. The zero-order valence-electron chi connectivity index (χ0n) is 8.61. The summed E-state index contributed by atoms with van der Waals surface area (Å²) in [5.41, 5.74) is 0.564. The number of thioether (sulfide) groups is 1. The topological polar surface area (TPSA) is 37.3 Å². The van der Waals surface area contributed by atoms with Gasteiger partial charge in [-0.25, -0.2) is 0 Å². The zero-order valence-corrected chi connectivity index (χ0v) is 10.2. The third kappa shape index (κ3) is 3.52. The van der Waals surface area contributed by atoms with Gasteiger partial charge in [0.15, 0.2) is 0 Å². The number of hydrogen-bond acceptors (Lipinski definition) is 3. The van der Waals surface area contributed by atoms with Crippen LogP contribution in [0.3, 0.4) is 0 Å². The first kappa shape index (κ1) is 12.6. The average molecular weight is 245 g/mol. The summed E-state index contributed by atoms with van der Waals surface area (Å²) >= 11 is 7.50. The summed E-state index contributed by atoms with van der Waals surface area (Å²) < 4.78 is 0. The number of aldehydes is 1. The van der Waals surface area contributed by atoms with E-state index in [2.05, 4.69) is 0 Å². The van der Waals surface area contributed by atoms with Crippen LogP contribution in [-0.2, 0) is 0 Å². The van der Waals surface area contributed by atoms with E-state index in [-0.39, 0.29) is 5.25 Å². The summed E-state index contributed by atoms with van der Waals surface area (Å²) in [5, 5.41) is 9.98. The third-order valence-electron chi connectivity index (χ3n) is 2.08. The van der Waals surface area contributed by atoms with Gasteiger partial charge in [0.05, 0.1) is 11.1 Å². The fourth-order valence-corrected chi connectivity index (χ4v) is 2.22. The van der Waals surface area contributed by atoms with Crippen LogP contribution >= 0.6 is 23.4 Å². The maximum atomic E-state index is 10.5. The van der Waals surface area contributed by atoms with Crippen molar-refractivity contribution in [3.05, 3.63) is 28.8 Å². The van der Waals surface area contributed by atoms with Crippen LogP contribution in [0, 0.1) is 0 Å². The van der Waals surface area contributed by atoms with Gasteiger partial charge in [0.1, 0.15) is 6.29 Å². The summed E-state index contributed by atoms with van der Waals surface area (Å²) in [6.07, 6.45) is 0.370. The van der Waals surface area contributed by atoms with Gasteiger partial charge < -0.3 is 5.11 Å². The van der Waals surface area contributed by atoms with Crippen LogP contribution in [0.1, 0.15) is 24.2 Å². The number of aliphatic hydroxyl groups is 1. The van der Waals surface area contributed by atoms with Gasteiger partial charge in [0.25, 0.3) is 0 Å². The molecule has 15 heavy (non-hydrogen) atoms. The van der Waals surface area contributed by atoms with E-state index in [1.807, 2.05) is 6.92 Å². The second kappa shape index (κ2) is 5.54. The van der Waals surface area contributed by atoms with E-state index in [1.54, 1.807) is 25.1 Å². The number of hydrogen-bond donors (Lipinski definition) is 1. The number of benzene rings is 1. The third-order valence-corrected chi connectivity index (χ3v) is 3.88. The molecule has 0 spiro atoms. The van der Waals surface area contributed by atoms with Crippen molar-refractivity contribution >= 4 is 29.6 Å². The minimum absolute atomic E-state index is 0.0737. The zero-order chi connectivity index (χ0) is 11.4. The molecule has 0 aliphatic carbocycles. The monoisotopic (exact) mass is 244 g/mol. The molecule has 0 saturated carbocycles. The lowest BCUT2D eigenvalue weighted by Crippen LogP contribution is -2.14. The highest BCUT2D eigenvalue weighted by Gasteiger charge is 2.12. The number of halogens is 1. The van der Waals surface area contributed by atoms with Crippen LogP contribution in [-0.4, -0.2) is 22.7 Å². The first-order valence-electron chi connectivity index (χ1n) is 4.64. The van der Waals surface area contributed by atoms with Crippen LogP contribution < -0.4 is 0 Å². The second-order valence-corrected chi connectivity index (χ2v) is 5.20. The Morgan fingerprint density at radius 1 is 1.47 bits per heavy atom. The molecule has 0 fully saturated rings. The van der Waals surface area contributed by atoms with Crippen LogP contribution in [0.25, 0.3) is 0 Å². The molecule has 2 unspecified atom stereocenters. The summed E-state index contributed by atoms with van der Waals surface area (Å²) in [5.74, 6) is 0. The average Bonchev–Trinajstić information content (AvgIpc) is 2.20. The summed E-state index contributed by atoms with van der Waals surface area (Å²) in [6, 6.07) is 5.15. The van der Waals surface area contributed by atoms with Crippen LogP contribution in [0.4, 0.5) is 0 Å². The standard InChI is InChI=1S/C11H13ClO2S/c1-7(14)8(2)15-11-4-3-9(6-13)5-10(11)12/h3-8,14H,1-2H3. The number of carbonyl (C=O) groups is 1. The highest BCUT2D eigenvalue weighted by atomic mass is 35.5. The first-order valence-corrected chi connectivity index (χ1v) is 5.90. The Morgan fingerprint density at radius 3 is 2.60 bits per heavy atom. The quantitative estimate of drug-likeness (QED) is 0.654. The van der Waals surface area contributed by atoms with Gasteiger partial charge >= 0.3 is 0 Å². The Bertz CT molecular complexity index is 352. The van der Waals surface area contributed by atoms with E-state index in [4.69, 9.17) is 11.6 Å². The largest absolute Gasteiger partial charge is 0.392 e. The first-order chi connectivity index (χ1) is 7.04. The van der Waals surface area contributed by atoms with E-state index in [9.17, 15) is 9.90 Å². The molecule has 0 saturated heterocycles. The van der Waals surface area contributed by atoms with Crippen molar-refractivity contribution < 1.29 is 9.90 Å². The molecular weight excluding hydrogens is 232 g/mol. The van der Waals surface area contributed by atoms with Gasteiger partial charge in [-0.3, -0.25) is 4.79 Å². The molecule has 1 N–H and O–H groups in total. The molecule has 1 aromatic carbocycles. The fourth-order valence-electron chi connectivity index (χ4n) is 0.985. The molecule has 1 rings (SSSR count). The predicted molar refractivity (Wildman–Crippen MR) is 63.8 cm³/mol. The van der Waals surface area contributed by atoms with E-state index in [1.165, 1.54) is 11.8 Å². The molecule has 0 aliphatic rings. The maximum absolute atomic E-state index is 10.5. The molecule has 0 bridgehead atoms. The SMILES string of the molecule is CC(O)C(C)Sc1ccc(C=O)cc1Cl. The molecule has 4 heteroatoms. The van der Waals surface area contributed by atoms with Crippen molar-refractivity contribution in [3.63, 3.8) is 0 Å². The molecule has 0 heterocycles. The fraction of sp³-hybridized carbons (Fsp3) is 0.364. The van der Waals surface area contributed by atoms with Crippen LogP contribution in [0.2, 0.25) is 5.02 Å². The second-order valence-electron chi connectivity index (χ2n) is 3.37. The Kier molecular flexibility index (Phi) is 4.64. The van der Waals surface area contributed by atoms with Crippen molar-refractivity contribution in [2.75, 3.05) is 0 Å². The van der Waals surface area contributed by atoms with E-state index < -0.39 is 6.10 Å². The Hall–Kier alpha value is -0.510. The Balaban J connectivity index is 2.82. The van der Waals surface area contributed by atoms with Crippen molar-refractivity contribution in [2.45, 2.75) is 30.1 Å². The molecule has 0 radical (unpaired) electrons. The Morgan fingerprint density at radius 2 is 2.13 bits per heavy atom. The lowest BCUT2D eigenvalue weighted by atomic mass is 10.2. The summed E-state index contributed by atoms with van der Waals surface area (Å²) in [4.78, 5) is 11.4. The molecule has 0 aromatic heterocycles. The number of carbonyl (C=O) groups excluding carboxylic acids is 1. The highest BCUT2D eigenvalue weighted by Crippen LogP contribution is 2.31. The highest BCUT2D eigenvalue weighted by molar-refractivity contribution is 8.00. The summed E-state index contributed by atoms with van der Waals surface area (Å²) in [7, 11) is 0. The van der Waals surface area contributed by atoms with Crippen molar-refractivity contribution in [1.82, 2.24) is 0 Å².